The van der Waals surface area contributed by atoms with Crippen molar-refractivity contribution in [1.82, 2.24) is 4.98 Å². The number of hydrogen-bond donors (Lipinski definition) is 2. The van der Waals surface area contributed by atoms with Crippen LogP contribution in [0.25, 0.3) is 0 Å². The summed E-state index contributed by atoms with van der Waals surface area (Å²) in [5.41, 5.74) is 0.493. The van der Waals surface area contributed by atoms with Gasteiger partial charge in [0.2, 0.25) is 0 Å². The number of carbonyl (C=O) groups is 2. The summed E-state index contributed by atoms with van der Waals surface area (Å²) >= 11 is 0. The Morgan fingerprint density at radius 1 is 1.00 bits per heavy atom. The highest BCUT2D eigenvalue weighted by molar-refractivity contribution is 6.42. The average molecular weight is 270 g/mol. The van der Waals surface area contributed by atoms with Crippen LogP contribution in [0, 0.1) is 0 Å². The van der Waals surface area contributed by atoms with E-state index in [0.29, 0.717) is 5.69 Å². The minimum atomic E-state index is -1.20. The standard InChI is InChI=1S/C14H10N2O4/c17-13(18)9-4-6-10(7-5-9)16-12(14(19)20)11-3-1-2-8-15-11/h1-8H,(H,17,18)(H,19,20). The summed E-state index contributed by atoms with van der Waals surface area (Å²) in [5.74, 6) is -2.25. The van der Waals surface area contributed by atoms with Gasteiger partial charge in [-0.25, -0.2) is 14.6 Å². The van der Waals surface area contributed by atoms with Crippen LogP contribution < -0.4 is 0 Å². The molecule has 6 nitrogen and oxygen atoms in total. The third-order valence-electron chi connectivity index (χ3n) is 2.47. The molecule has 0 saturated heterocycles. The van der Waals surface area contributed by atoms with Crippen molar-refractivity contribution in [1.29, 1.82) is 0 Å². The second-order valence-electron chi connectivity index (χ2n) is 3.83. The van der Waals surface area contributed by atoms with Gasteiger partial charge in [-0.2, -0.15) is 0 Å². The molecule has 6 heteroatoms. The maximum absolute atomic E-state index is 11.2. The Morgan fingerprint density at radius 3 is 2.20 bits per heavy atom. The molecule has 2 rings (SSSR count). The maximum Gasteiger partial charge on any atom is 0.356 e. The SMILES string of the molecule is O=C(O)C(=Nc1ccc(C(=O)O)cc1)c1ccccn1. The molecular formula is C14H10N2O4. The van der Waals surface area contributed by atoms with Gasteiger partial charge in [-0.1, -0.05) is 6.07 Å². The van der Waals surface area contributed by atoms with Gasteiger partial charge in [-0.05, 0) is 36.4 Å². The lowest BCUT2D eigenvalue weighted by Gasteiger charge is -2.01. The van der Waals surface area contributed by atoms with E-state index in [1.165, 1.54) is 30.5 Å². The lowest BCUT2D eigenvalue weighted by molar-refractivity contribution is -0.129. The highest BCUT2D eigenvalue weighted by Gasteiger charge is 2.13. The zero-order chi connectivity index (χ0) is 14.5. The monoisotopic (exact) mass is 270 g/mol. The summed E-state index contributed by atoms with van der Waals surface area (Å²) in [6, 6.07) is 10.5. The molecule has 0 aliphatic heterocycles. The van der Waals surface area contributed by atoms with E-state index in [1.54, 1.807) is 18.2 Å². The van der Waals surface area contributed by atoms with E-state index in [9.17, 15) is 9.59 Å². The molecule has 1 heterocycles. The van der Waals surface area contributed by atoms with Crippen molar-refractivity contribution >= 4 is 23.3 Å². The predicted molar refractivity (Wildman–Crippen MR) is 71.5 cm³/mol. The topological polar surface area (TPSA) is 99.8 Å². The number of benzene rings is 1. The highest BCUT2D eigenvalue weighted by Crippen LogP contribution is 2.15. The first-order valence-electron chi connectivity index (χ1n) is 5.64. The molecule has 0 aliphatic carbocycles. The summed E-state index contributed by atoms with van der Waals surface area (Å²) in [6.07, 6.45) is 1.47. The van der Waals surface area contributed by atoms with Crippen molar-refractivity contribution in [2.45, 2.75) is 0 Å². The molecule has 0 amide bonds. The summed E-state index contributed by atoms with van der Waals surface area (Å²) in [7, 11) is 0. The maximum atomic E-state index is 11.2. The number of carboxylic acid groups (broad SMARTS) is 2. The number of rotatable bonds is 4. The van der Waals surface area contributed by atoms with Crippen LogP contribution in [0.15, 0.2) is 53.7 Å². The van der Waals surface area contributed by atoms with E-state index in [1.807, 2.05) is 0 Å². The van der Waals surface area contributed by atoms with E-state index >= 15 is 0 Å². The molecule has 1 aromatic carbocycles. The first-order chi connectivity index (χ1) is 9.58. The average Bonchev–Trinajstić information content (AvgIpc) is 2.46. The lowest BCUT2D eigenvalue weighted by Crippen LogP contribution is -2.15. The summed E-state index contributed by atoms with van der Waals surface area (Å²) in [5, 5.41) is 17.9. The second-order valence-corrected chi connectivity index (χ2v) is 3.83. The molecule has 2 N–H and O–H groups in total. The third kappa shape index (κ3) is 3.05. The van der Waals surface area contributed by atoms with E-state index in [0.717, 1.165) is 0 Å². The molecule has 0 radical (unpaired) electrons. The predicted octanol–water partition coefficient (Wildman–Crippen LogP) is 1.99. The molecule has 0 saturated carbocycles. The van der Waals surface area contributed by atoms with Gasteiger partial charge < -0.3 is 10.2 Å². The number of aliphatic imine (C=N–C) groups is 1. The summed E-state index contributed by atoms with van der Waals surface area (Å²) in [4.78, 5) is 29.9. The highest BCUT2D eigenvalue weighted by atomic mass is 16.4. The normalized spacial score (nSPS) is 11.1. The molecule has 1 aromatic heterocycles. The Balaban J connectivity index is 2.39. The van der Waals surface area contributed by atoms with Crippen LogP contribution in [0.2, 0.25) is 0 Å². The van der Waals surface area contributed by atoms with Crippen molar-refractivity contribution in [3.8, 4) is 0 Å². The molecule has 0 spiro atoms. The first-order valence-corrected chi connectivity index (χ1v) is 5.64. The quantitative estimate of drug-likeness (QED) is 0.827. The van der Waals surface area contributed by atoms with Crippen molar-refractivity contribution in [3.63, 3.8) is 0 Å². The van der Waals surface area contributed by atoms with Gasteiger partial charge in [0.05, 0.1) is 16.9 Å². The van der Waals surface area contributed by atoms with Crippen LogP contribution >= 0.6 is 0 Å². The van der Waals surface area contributed by atoms with Crippen LogP contribution in [0.3, 0.4) is 0 Å². The van der Waals surface area contributed by atoms with Crippen LogP contribution in [0.4, 0.5) is 5.69 Å². The van der Waals surface area contributed by atoms with E-state index < -0.39 is 11.9 Å². The smallest absolute Gasteiger partial charge is 0.356 e. The Kier molecular flexibility index (Phi) is 3.85. The van der Waals surface area contributed by atoms with Crippen LogP contribution in [-0.4, -0.2) is 32.8 Å². The summed E-state index contributed by atoms with van der Waals surface area (Å²) in [6.45, 7) is 0. The van der Waals surface area contributed by atoms with Gasteiger partial charge in [0.15, 0.2) is 5.71 Å². The van der Waals surface area contributed by atoms with Gasteiger partial charge in [0.25, 0.3) is 0 Å². The Labute approximate surface area is 114 Å². The molecule has 0 aliphatic rings. The van der Waals surface area contributed by atoms with Gasteiger partial charge in [-0.15, -0.1) is 0 Å². The van der Waals surface area contributed by atoms with E-state index in [2.05, 4.69) is 9.98 Å². The van der Waals surface area contributed by atoms with Crippen LogP contribution in [0.5, 0.6) is 0 Å². The fourth-order valence-corrected chi connectivity index (χ4v) is 1.53. The molecule has 20 heavy (non-hydrogen) atoms. The van der Waals surface area contributed by atoms with Gasteiger partial charge in [0, 0.05) is 6.20 Å². The van der Waals surface area contributed by atoms with E-state index in [4.69, 9.17) is 10.2 Å². The number of hydrogen-bond acceptors (Lipinski definition) is 4. The fraction of sp³-hybridized carbons (Fsp3) is 0. The zero-order valence-electron chi connectivity index (χ0n) is 10.2. The Morgan fingerprint density at radius 2 is 1.70 bits per heavy atom. The van der Waals surface area contributed by atoms with Gasteiger partial charge in [-0.3, -0.25) is 4.98 Å². The second kappa shape index (κ2) is 5.75. The fourth-order valence-electron chi connectivity index (χ4n) is 1.53. The molecule has 0 fully saturated rings. The minimum absolute atomic E-state index is 0.110. The minimum Gasteiger partial charge on any atom is -0.478 e. The van der Waals surface area contributed by atoms with Crippen molar-refractivity contribution in [2.75, 3.05) is 0 Å². The van der Waals surface area contributed by atoms with Crippen LogP contribution in [-0.2, 0) is 4.79 Å². The van der Waals surface area contributed by atoms with Crippen LogP contribution in [0.1, 0.15) is 16.1 Å². The molecular weight excluding hydrogens is 260 g/mol. The lowest BCUT2D eigenvalue weighted by atomic mass is 10.2. The molecule has 100 valence electrons. The molecule has 0 bridgehead atoms. The number of aliphatic carboxylic acids is 1. The number of carboxylic acids is 2. The summed E-state index contributed by atoms with van der Waals surface area (Å²) < 4.78 is 0. The van der Waals surface area contributed by atoms with Gasteiger partial charge in [0.1, 0.15) is 0 Å². The number of aromatic nitrogens is 1. The van der Waals surface area contributed by atoms with Crippen molar-refractivity contribution in [3.05, 3.63) is 59.9 Å². The van der Waals surface area contributed by atoms with E-state index in [-0.39, 0.29) is 17.0 Å². The van der Waals surface area contributed by atoms with Crippen molar-refractivity contribution < 1.29 is 19.8 Å². The first kappa shape index (κ1) is 13.4. The Hall–Kier alpha value is -3.02. The molecule has 0 atom stereocenters. The number of nitrogens with zero attached hydrogens (tertiary/aromatic N) is 2. The van der Waals surface area contributed by atoms with Gasteiger partial charge >= 0.3 is 11.9 Å². The van der Waals surface area contributed by atoms with Crippen molar-refractivity contribution in [2.24, 2.45) is 4.99 Å². The zero-order valence-corrected chi connectivity index (χ0v) is 10.2. The number of aromatic carboxylic acids is 1. The number of pyridine rings is 1. The third-order valence-corrected chi connectivity index (χ3v) is 2.47. The Bertz CT molecular complexity index is 663. The largest absolute Gasteiger partial charge is 0.478 e. The molecule has 0 unspecified atom stereocenters. The molecule has 2 aromatic rings.